The van der Waals surface area contributed by atoms with Crippen molar-refractivity contribution in [1.82, 2.24) is 15.9 Å². The van der Waals surface area contributed by atoms with Crippen LogP contribution in [0.4, 0.5) is 5.69 Å². The van der Waals surface area contributed by atoms with E-state index in [1.54, 1.807) is 0 Å². The molecule has 1 aromatic carbocycles. The van der Waals surface area contributed by atoms with Gasteiger partial charge in [-0.1, -0.05) is 18.2 Å². The molecule has 5 N–H and O–H groups in total. The summed E-state index contributed by atoms with van der Waals surface area (Å²) in [7, 11) is 1.91. The zero-order valence-corrected chi connectivity index (χ0v) is 14.6. The van der Waals surface area contributed by atoms with Gasteiger partial charge in [0.1, 0.15) is 11.2 Å². The number of carbonyl (C=O) groups excluding carboxylic acids is 1. The second kappa shape index (κ2) is 10.5. The molecule has 23 heavy (non-hydrogen) atoms. The summed E-state index contributed by atoms with van der Waals surface area (Å²) in [5, 5.41) is 3.17. The molecule has 1 aromatic heterocycles. The van der Waals surface area contributed by atoms with Crippen molar-refractivity contribution in [3.05, 3.63) is 52.1 Å². The Morgan fingerprint density at radius 1 is 1.30 bits per heavy atom. The van der Waals surface area contributed by atoms with E-state index in [0.29, 0.717) is 18.9 Å². The monoisotopic (exact) mass is 381 g/mol. The molecule has 0 atom stereocenters. The van der Waals surface area contributed by atoms with Crippen LogP contribution in [0.15, 0.2) is 41.0 Å². The van der Waals surface area contributed by atoms with Gasteiger partial charge in [-0.2, -0.15) is 5.53 Å². The Morgan fingerprint density at radius 3 is 2.61 bits per heavy atom. The molecular weight excluding hydrogens is 362 g/mol. The first-order valence-corrected chi connectivity index (χ1v) is 7.58. The summed E-state index contributed by atoms with van der Waals surface area (Å²) in [6.45, 7) is 2.58. The summed E-state index contributed by atoms with van der Waals surface area (Å²) in [5.41, 5.74) is 7.31. The molecule has 0 bridgehead atoms. The molecule has 2 rings (SSSR count). The predicted molar refractivity (Wildman–Crippen MR) is 93.5 cm³/mol. The second-order valence-electron chi connectivity index (χ2n) is 4.34. The van der Waals surface area contributed by atoms with Gasteiger partial charge in [-0.3, -0.25) is 16.1 Å². The van der Waals surface area contributed by atoms with Gasteiger partial charge in [0.15, 0.2) is 0 Å². The first kappa shape index (κ1) is 18.9. The van der Waals surface area contributed by atoms with Gasteiger partial charge < -0.3 is 10.1 Å². The van der Waals surface area contributed by atoms with Crippen molar-refractivity contribution in [2.45, 2.75) is 13.5 Å². The summed E-state index contributed by atoms with van der Waals surface area (Å²) in [4.78, 5) is 13.4. The molecule has 2 aromatic rings. The molecule has 0 saturated carbocycles. The fourth-order valence-electron chi connectivity index (χ4n) is 1.78. The van der Waals surface area contributed by atoms with Crippen LogP contribution in [0.1, 0.15) is 11.1 Å². The number of rotatable bonds is 6. The Balaban J connectivity index is 0.000000463. The van der Waals surface area contributed by atoms with Gasteiger partial charge in [0.25, 0.3) is 0 Å². The molecule has 1 amide bonds. The molecule has 0 aliphatic heterocycles. The highest BCUT2D eigenvalue weighted by molar-refractivity contribution is 9.10. The lowest BCUT2D eigenvalue weighted by molar-refractivity contribution is -0.110. The first-order chi connectivity index (χ1) is 11.1. The number of pyridine rings is 1. The number of carbonyl (C=O) groups is 1. The molecule has 0 radical (unpaired) electrons. The van der Waals surface area contributed by atoms with Gasteiger partial charge in [-0.05, 0) is 40.5 Å². The Bertz CT molecular complexity index is 625. The van der Waals surface area contributed by atoms with Crippen LogP contribution in [-0.2, 0) is 11.4 Å². The lowest BCUT2D eigenvalue weighted by Gasteiger charge is -2.13. The van der Waals surface area contributed by atoms with Crippen LogP contribution in [-0.4, -0.2) is 18.4 Å². The number of aromatic nitrogens is 1. The fraction of sp³-hybridized carbons (Fsp3) is 0.200. The summed E-state index contributed by atoms with van der Waals surface area (Å²) < 4.78 is 6.49. The van der Waals surface area contributed by atoms with Gasteiger partial charge in [0.2, 0.25) is 12.3 Å². The highest BCUT2D eigenvalue weighted by Crippen LogP contribution is 2.21. The van der Waals surface area contributed by atoms with E-state index in [1.807, 2.05) is 48.3 Å². The first-order valence-electron chi connectivity index (χ1n) is 6.78. The van der Waals surface area contributed by atoms with Crippen molar-refractivity contribution >= 4 is 28.0 Å². The van der Waals surface area contributed by atoms with E-state index in [9.17, 15) is 0 Å². The molecule has 0 spiro atoms. The zero-order chi connectivity index (χ0) is 17.1. The SMILES string of the molecule is CNc1cccc(C)c1COc1cccc(Br)n1.NNNC=O. The van der Waals surface area contributed by atoms with Crippen molar-refractivity contribution in [3.8, 4) is 5.88 Å². The van der Waals surface area contributed by atoms with Crippen LogP contribution in [0.25, 0.3) is 0 Å². The van der Waals surface area contributed by atoms with Gasteiger partial charge >= 0.3 is 0 Å². The third kappa shape index (κ3) is 6.64. The van der Waals surface area contributed by atoms with Crippen molar-refractivity contribution < 1.29 is 9.53 Å². The standard InChI is InChI=1S/C14H15BrN2O.CH5N3O/c1-10-5-3-6-12(16-2)11(10)9-18-14-8-4-7-13(15)17-14;2-4-3-1-5/h3-8,16H,9H2,1-2H3;1,4H,2H2,(H,3,5). The minimum atomic E-state index is 0.444. The van der Waals surface area contributed by atoms with E-state index in [4.69, 9.17) is 9.53 Å². The minimum Gasteiger partial charge on any atom is -0.473 e. The number of hydrogen-bond acceptors (Lipinski definition) is 6. The summed E-state index contributed by atoms with van der Waals surface area (Å²) >= 11 is 3.33. The quantitative estimate of drug-likeness (QED) is 0.263. The van der Waals surface area contributed by atoms with E-state index >= 15 is 0 Å². The van der Waals surface area contributed by atoms with Crippen LogP contribution in [0, 0.1) is 6.92 Å². The largest absolute Gasteiger partial charge is 0.473 e. The smallest absolute Gasteiger partial charge is 0.222 e. The highest BCUT2D eigenvalue weighted by atomic mass is 79.9. The van der Waals surface area contributed by atoms with Gasteiger partial charge in [-0.25, -0.2) is 4.98 Å². The Morgan fingerprint density at radius 2 is 2.04 bits per heavy atom. The van der Waals surface area contributed by atoms with Gasteiger partial charge in [0.05, 0.1) is 0 Å². The Hall–Kier alpha value is -2.16. The molecule has 8 heteroatoms. The number of aryl methyl sites for hydroxylation is 1. The lowest BCUT2D eigenvalue weighted by Crippen LogP contribution is -2.36. The number of amides is 1. The number of benzene rings is 1. The molecule has 0 saturated heterocycles. The number of ether oxygens (including phenoxy) is 1. The van der Waals surface area contributed by atoms with Crippen LogP contribution in [0.5, 0.6) is 5.88 Å². The van der Waals surface area contributed by atoms with Crippen LogP contribution in [0.3, 0.4) is 0 Å². The summed E-state index contributed by atoms with van der Waals surface area (Å²) in [6.07, 6.45) is 0.444. The van der Waals surface area contributed by atoms with E-state index in [1.165, 1.54) is 5.56 Å². The van der Waals surface area contributed by atoms with E-state index in [-0.39, 0.29) is 0 Å². The molecule has 0 aliphatic carbocycles. The zero-order valence-electron chi connectivity index (χ0n) is 13.0. The Kier molecular flexibility index (Phi) is 8.66. The normalized spacial score (nSPS) is 9.39. The lowest BCUT2D eigenvalue weighted by atomic mass is 10.1. The number of anilines is 1. The maximum atomic E-state index is 9.15. The van der Waals surface area contributed by atoms with Crippen LogP contribution in [0.2, 0.25) is 0 Å². The average molecular weight is 382 g/mol. The molecule has 0 unspecified atom stereocenters. The van der Waals surface area contributed by atoms with E-state index in [0.717, 1.165) is 15.9 Å². The Labute approximate surface area is 143 Å². The van der Waals surface area contributed by atoms with Crippen molar-refractivity contribution in [2.75, 3.05) is 12.4 Å². The predicted octanol–water partition coefficient (Wildman–Crippen LogP) is 1.88. The van der Waals surface area contributed by atoms with E-state index < -0.39 is 0 Å². The van der Waals surface area contributed by atoms with Crippen molar-refractivity contribution in [1.29, 1.82) is 0 Å². The molecule has 7 nitrogen and oxygen atoms in total. The minimum absolute atomic E-state index is 0.444. The van der Waals surface area contributed by atoms with Gasteiger partial charge in [0, 0.05) is 24.4 Å². The van der Waals surface area contributed by atoms with Crippen LogP contribution >= 0.6 is 15.9 Å². The molecule has 0 fully saturated rings. The number of halogens is 1. The van der Waals surface area contributed by atoms with Crippen LogP contribution < -0.4 is 26.9 Å². The molecule has 124 valence electrons. The average Bonchev–Trinajstić information content (AvgIpc) is 2.55. The highest BCUT2D eigenvalue weighted by Gasteiger charge is 2.05. The number of hydrogen-bond donors (Lipinski definition) is 4. The molecule has 0 aliphatic rings. The summed E-state index contributed by atoms with van der Waals surface area (Å²) in [6, 6.07) is 11.8. The maximum Gasteiger partial charge on any atom is 0.222 e. The van der Waals surface area contributed by atoms with Crippen molar-refractivity contribution in [2.24, 2.45) is 5.84 Å². The second-order valence-corrected chi connectivity index (χ2v) is 5.16. The number of hydrazine groups is 2. The summed E-state index contributed by atoms with van der Waals surface area (Å²) in [5.74, 6) is 5.17. The number of nitrogens with one attached hydrogen (secondary N) is 3. The van der Waals surface area contributed by atoms with Gasteiger partial charge in [-0.15, -0.1) is 0 Å². The molecular formula is C15H20BrN5O2. The van der Waals surface area contributed by atoms with E-state index in [2.05, 4.69) is 45.1 Å². The molecule has 1 heterocycles. The topological polar surface area (TPSA) is 101 Å². The number of nitrogens with zero attached hydrogens (tertiary/aromatic N) is 1. The third-order valence-electron chi connectivity index (χ3n) is 2.88. The van der Waals surface area contributed by atoms with Crippen molar-refractivity contribution in [3.63, 3.8) is 0 Å². The third-order valence-corrected chi connectivity index (χ3v) is 3.32. The number of nitrogens with two attached hydrogens (primary N) is 1. The fourth-order valence-corrected chi connectivity index (χ4v) is 2.11. The maximum absolute atomic E-state index is 9.15.